The molecule has 0 aromatic carbocycles. The monoisotopic (exact) mass is 226 g/mol. The first-order chi connectivity index (χ1) is 7.33. The number of rotatable bonds is 1. The molecular weight excluding hydrogens is 204 g/mol. The second kappa shape index (κ2) is 3.70. The van der Waals surface area contributed by atoms with Gasteiger partial charge in [0.15, 0.2) is 0 Å². The fourth-order valence-electron chi connectivity index (χ4n) is 2.91. The first kappa shape index (κ1) is 11.9. The van der Waals surface area contributed by atoms with Crippen LogP contribution in [0.1, 0.15) is 40.0 Å². The van der Waals surface area contributed by atoms with Crippen molar-refractivity contribution in [2.75, 3.05) is 6.54 Å². The largest absolute Gasteiger partial charge is 0.459 e. The van der Waals surface area contributed by atoms with Crippen LogP contribution in [-0.2, 0) is 9.53 Å². The van der Waals surface area contributed by atoms with Gasteiger partial charge in [0, 0.05) is 12.1 Å². The van der Waals surface area contributed by atoms with Crippen molar-refractivity contribution in [1.82, 2.24) is 5.32 Å². The van der Waals surface area contributed by atoms with Crippen molar-refractivity contribution in [3.8, 4) is 0 Å². The number of carbonyl (C=O) groups is 1. The third kappa shape index (κ3) is 1.96. The van der Waals surface area contributed by atoms with Crippen LogP contribution >= 0.6 is 0 Å². The molecule has 92 valence electrons. The number of hydrogen-bond acceptors (Lipinski definition) is 4. The summed E-state index contributed by atoms with van der Waals surface area (Å²) in [6.07, 6.45) is 3.18. The second-order valence-electron chi connectivity index (χ2n) is 6.08. The molecule has 4 heteroatoms. The van der Waals surface area contributed by atoms with E-state index in [2.05, 4.69) is 5.32 Å². The van der Waals surface area contributed by atoms with Gasteiger partial charge in [0.25, 0.3) is 0 Å². The molecule has 1 aliphatic carbocycles. The lowest BCUT2D eigenvalue weighted by molar-refractivity contribution is -0.158. The van der Waals surface area contributed by atoms with Crippen molar-refractivity contribution in [2.24, 2.45) is 11.7 Å². The average molecular weight is 226 g/mol. The molecule has 0 radical (unpaired) electrons. The molecule has 1 aliphatic heterocycles. The Bertz CT molecular complexity index is 298. The molecule has 0 aromatic heterocycles. The van der Waals surface area contributed by atoms with E-state index in [9.17, 15) is 4.79 Å². The number of ether oxygens (including phenoxy) is 1. The Labute approximate surface area is 96.9 Å². The second-order valence-corrected chi connectivity index (χ2v) is 6.08. The van der Waals surface area contributed by atoms with Crippen LogP contribution in [-0.4, -0.2) is 29.7 Å². The van der Waals surface area contributed by atoms with E-state index in [4.69, 9.17) is 10.5 Å². The molecule has 0 spiro atoms. The van der Waals surface area contributed by atoms with Gasteiger partial charge in [-0.05, 0) is 39.5 Å². The fraction of sp³-hybridized carbons (Fsp3) is 0.917. The molecule has 2 aliphatic rings. The van der Waals surface area contributed by atoms with Crippen LogP contribution in [0.15, 0.2) is 0 Å². The van der Waals surface area contributed by atoms with Crippen molar-refractivity contribution in [3.05, 3.63) is 0 Å². The highest BCUT2D eigenvalue weighted by molar-refractivity contribution is 5.79. The normalized spacial score (nSPS) is 38.5. The third-order valence-corrected chi connectivity index (χ3v) is 3.67. The van der Waals surface area contributed by atoms with Crippen LogP contribution in [0.2, 0.25) is 0 Å². The SMILES string of the molecule is CC(C)(C)OC(=O)[C@H]1NC[C@@H]2CCC[C@@]21N. The molecule has 2 fully saturated rings. The van der Waals surface area contributed by atoms with E-state index in [-0.39, 0.29) is 17.6 Å². The van der Waals surface area contributed by atoms with Gasteiger partial charge in [-0.1, -0.05) is 6.42 Å². The number of nitrogens with two attached hydrogens (primary N) is 1. The minimum atomic E-state index is -0.439. The third-order valence-electron chi connectivity index (χ3n) is 3.67. The number of hydrogen-bond donors (Lipinski definition) is 2. The Hall–Kier alpha value is -0.610. The number of carbonyl (C=O) groups excluding carboxylic acids is 1. The molecular formula is C12H22N2O2. The molecule has 3 atom stereocenters. The minimum Gasteiger partial charge on any atom is -0.459 e. The zero-order chi connectivity index (χ0) is 12.0. The van der Waals surface area contributed by atoms with Gasteiger partial charge in [0.1, 0.15) is 11.6 Å². The van der Waals surface area contributed by atoms with Gasteiger partial charge in [0.2, 0.25) is 0 Å². The predicted octanol–water partition coefficient (Wildman–Crippen LogP) is 0.797. The molecule has 2 rings (SSSR count). The lowest BCUT2D eigenvalue weighted by atomic mass is 9.85. The van der Waals surface area contributed by atoms with E-state index >= 15 is 0 Å². The maximum absolute atomic E-state index is 12.0. The van der Waals surface area contributed by atoms with Gasteiger partial charge in [-0.25, -0.2) is 0 Å². The first-order valence-corrected chi connectivity index (χ1v) is 6.08. The zero-order valence-corrected chi connectivity index (χ0v) is 10.4. The minimum absolute atomic E-state index is 0.195. The van der Waals surface area contributed by atoms with Crippen LogP contribution < -0.4 is 11.1 Å². The van der Waals surface area contributed by atoms with Crippen molar-refractivity contribution < 1.29 is 9.53 Å². The smallest absolute Gasteiger partial charge is 0.325 e. The quantitative estimate of drug-likeness (QED) is 0.649. The highest BCUT2D eigenvalue weighted by Gasteiger charge is 2.53. The molecule has 0 unspecified atom stereocenters. The lowest BCUT2D eigenvalue weighted by Crippen LogP contribution is -2.56. The zero-order valence-electron chi connectivity index (χ0n) is 10.4. The summed E-state index contributed by atoms with van der Waals surface area (Å²) in [4.78, 5) is 12.0. The molecule has 0 aromatic rings. The summed E-state index contributed by atoms with van der Waals surface area (Å²) < 4.78 is 5.41. The maximum atomic E-state index is 12.0. The van der Waals surface area contributed by atoms with Crippen molar-refractivity contribution >= 4 is 5.97 Å². The Morgan fingerprint density at radius 2 is 2.19 bits per heavy atom. The number of fused-ring (bicyclic) bond motifs is 1. The molecule has 3 N–H and O–H groups in total. The first-order valence-electron chi connectivity index (χ1n) is 6.08. The van der Waals surface area contributed by atoms with Crippen LogP contribution in [0, 0.1) is 5.92 Å². The van der Waals surface area contributed by atoms with Crippen LogP contribution in [0.3, 0.4) is 0 Å². The molecule has 1 heterocycles. The summed E-state index contributed by atoms with van der Waals surface area (Å²) in [5.41, 5.74) is 5.55. The van der Waals surface area contributed by atoms with Crippen LogP contribution in [0.25, 0.3) is 0 Å². The van der Waals surface area contributed by atoms with E-state index < -0.39 is 5.60 Å². The fourth-order valence-corrected chi connectivity index (χ4v) is 2.91. The summed E-state index contributed by atoms with van der Waals surface area (Å²) in [5.74, 6) is 0.240. The van der Waals surface area contributed by atoms with Crippen LogP contribution in [0.5, 0.6) is 0 Å². The summed E-state index contributed by atoms with van der Waals surface area (Å²) in [6, 6.07) is -0.320. The molecule has 4 nitrogen and oxygen atoms in total. The van der Waals surface area contributed by atoms with Gasteiger partial charge in [-0.2, -0.15) is 0 Å². The van der Waals surface area contributed by atoms with Crippen molar-refractivity contribution in [1.29, 1.82) is 0 Å². The Morgan fingerprint density at radius 1 is 1.50 bits per heavy atom. The van der Waals surface area contributed by atoms with E-state index in [0.29, 0.717) is 5.92 Å². The van der Waals surface area contributed by atoms with Gasteiger partial charge < -0.3 is 15.8 Å². The van der Waals surface area contributed by atoms with E-state index in [1.165, 1.54) is 0 Å². The Morgan fingerprint density at radius 3 is 2.81 bits per heavy atom. The summed E-state index contributed by atoms with van der Waals surface area (Å²) in [6.45, 7) is 6.50. The van der Waals surface area contributed by atoms with Gasteiger partial charge >= 0.3 is 5.97 Å². The van der Waals surface area contributed by atoms with Crippen molar-refractivity contribution in [3.63, 3.8) is 0 Å². The van der Waals surface area contributed by atoms with Gasteiger partial charge in [0.05, 0.1) is 0 Å². The van der Waals surface area contributed by atoms with Gasteiger partial charge in [-0.3, -0.25) is 4.79 Å². The summed E-state index contributed by atoms with van der Waals surface area (Å²) >= 11 is 0. The topological polar surface area (TPSA) is 64.3 Å². The Kier molecular flexibility index (Phi) is 2.75. The lowest BCUT2D eigenvalue weighted by Gasteiger charge is -2.31. The summed E-state index contributed by atoms with van der Waals surface area (Å²) in [7, 11) is 0. The number of nitrogens with one attached hydrogen (secondary N) is 1. The summed E-state index contributed by atoms with van der Waals surface area (Å²) in [5, 5.41) is 3.22. The van der Waals surface area contributed by atoms with Gasteiger partial charge in [-0.15, -0.1) is 0 Å². The molecule has 0 amide bonds. The van der Waals surface area contributed by atoms with Crippen molar-refractivity contribution in [2.45, 2.75) is 57.2 Å². The predicted molar refractivity (Wildman–Crippen MR) is 61.9 cm³/mol. The maximum Gasteiger partial charge on any atom is 0.325 e. The van der Waals surface area contributed by atoms with E-state index in [0.717, 1.165) is 25.8 Å². The molecule has 1 saturated carbocycles. The van der Waals surface area contributed by atoms with E-state index in [1.807, 2.05) is 20.8 Å². The molecule has 16 heavy (non-hydrogen) atoms. The average Bonchev–Trinajstić information content (AvgIpc) is 2.56. The Balaban J connectivity index is 2.08. The van der Waals surface area contributed by atoms with E-state index in [1.54, 1.807) is 0 Å². The highest BCUT2D eigenvalue weighted by Crippen LogP contribution is 2.40. The van der Waals surface area contributed by atoms with Crippen LogP contribution in [0.4, 0.5) is 0 Å². The molecule has 0 bridgehead atoms. The highest BCUT2D eigenvalue weighted by atomic mass is 16.6. The standard InChI is InChI=1S/C12H22N2O2/c1-11(2,3)16-10(15)9-12(13)6-4-5-8(12)7-14-9/h8-9,14H,4-7,13H2,1-3H3/t8-,9+,12+/m0/s1. The molecule has 1 saturated heterocycles. The number of esters is 1.